The Morgan fingerprint density at radius 2 is 1.65 bits per heavy atom. The summed E-state index contributed by atoms with van der Waals surface area (Å²) in [4.78, 5) is 58.6. The molecule has 3 aromatic carbocycles. The topological polar surface area (TPSA) is 126 Å². The number of hydrogen-bond acceptors (Lipinski definition) is 8. The lowest BCUT2D eigenvalue weighted by molar-refractivity contribution is -0.136. The van der Waals surface area contributed by atoms with Gasteiger partial charge < -0.3 is 19.4 Å². The largest absolute Gasteiger partial charge is 0.490 e. The molecule has 5 heterocycles. The Morgan fingerprint density at radius 3 is 2.35 bits per heavy atom. The number of anilines is 1. The lowest BCUT2D eigenvalue weighted by Gasteiger charge is -2.46. The summed E-state index contributed by atoms with van der Waals surface area (Å²) in [6, 6.07) is 20.7. The first-order chi connectivity index (χ1) is 26.2. The van der Waals surface area contributed by atoms with E-state index in [1.807, 2.05) is 29.2 Å². The fourth-order valence-corrected chi connectivity index (χ4v) is 8.47. The van der Waals surface area contributed by atoms with E-state index < -0.39 is 11.9 Å². The number of nitrogens with zero attached hydrogens (tertiary/aromatic N) is 5. The maximum absolute atomic E-state index is 13.3. The van der Waals surface area contributed by atoms with Crippen LogP contribution in [-0.2, 0) is 16.1 Å². The number of halogens is 1. The van der Waals surface area contributed by atoms with Crippen molar-refractivity contribution in [2.45, 2.75) is 63.3 Å². The van der Waals surface area contributed by atoms with Gasteiger partial charge in [-0.2, -0.15) is 5.26 Å². The van der Waals surface area contributed by atoms with Crippen LogP contribution >= 0.6 is 11.6 Å². The van der Waals surface area contributed by atoms with Gasteiger partial charge >= 0.3 is 0 Å². The fraction of sp³-hybridized carbons (Fsp3) is 0.405. The van der Waals surface area contributed by atoms with Crippen molar-refractivity contribution < 1.29 is 23.9 Å². The minimum absolute atomic E-state index is 0.00843. The second kappa shape index (κ2) is 15.2. The number of likely N-dealkylation sites (tertiary alicyclic amines) is 2. The summed E-state index contributed by atoms with van der Waals surface area (Å²) in [6.07, 6.45) is 4.20. The van der Waals surface area contributed by atoms with Crippen LogP contribution in [0.2, 0.25) is 5.02 Å². The molecule has 1 atom stereocenters. The van der Waals surface area contributed by atoms with Crippen LogP contribution in [0.15, 0.2) is 60.7 Å². The summed E-state index contributed by atoms with van der Waals surface area (Å²) < 4.78 is 6.08. The standard InChI is InChI=1S/C42H41ClN6O5/c43-37-22-35(9-6-30(37)23-44)54-34-15-19-47(20-16-34)41(52)29-4-7-32(8-5-29)46-17-13-33(14-18-46)48-24-28(25-48)2-1-27-3-10-36-31(21-27)26-49(42(36)53)38-11-12-39(50)45-40(38)51/h3-10,21-22,28,33-34,38H,11-20,24-26H2,(H,45,50,51). The number of amides is 4. The first kappa shape index (κ1) is 35.7. The Morgan fingerprint density at radius 1 is 0.889 bits per heavy atom. The van der Waals surface area contributed by atoms with E-state index in [0.29, 0.717) is 65.5 Å². The van der Waals surface area contributed by atoms with Crippen molar-refractivity contribution >= 4 is 40.9 Å². The highest BCUT2D eigenvalue weighted by Gasteiger charge is 2.39. The molecule has 4 fully saturated rings. The third-order valence-electron chi connectivity index (χ3n) is 11.4. The molecule has 1 unspecified atom stereocenters. The molecule has 276 valence electrons. The molecule has 5 aliphatic heterocycles. The molecule has 8 rings (SSSR count). The lowest BCUT2D eigenvalue weighted by Crippen LogP contribution is -2.54. The summed E-state index contributed by atoms with van der Waals surface area (Å²) in [5, 5.41) is 11.8. The molecule has 0 aliphatic carbocycles. The summed E-state index contributed by atoms with van der Waals surface area (Å²) in [5.41, 5.74) is 4.60. The monoisotopic (exact) mass is 744 g/mol. The fourth-order valence-electron chi connectivity index (χ4n) is 8.26. The van der Waals surface area contributed by atoms with Crippen molar-refractivity contribution in [3.05, 3.63) is 93.5 Å². The van der Waals surface area contributed by atoms with E-state index >= 15 is 0 Å². The Labute approximate surface area is 319 Å². The average molecular weight is 745 g/mol. The number of piperidine rings is 3. The van der Waals surface area contributed by atoms with Gasteiger partial charge in [0, 0.05) is 105 Å². The van der Waals surface area contributed by atoms with Gasteiger partial charge in [-0.25, -0.2) is 0 Å². The zero-order valence-corrected chi connectivity index (χ0v) is 30.7. The summed E-state index contributed by atoms with van der Waals surface area (Å²) in [6.45, 7) is 5.43. The number of benzene rings is 3. The van der Waals surface area contributed by atoms with E-state index in [-0.39, 0.29) is 30.2 Å². The molecule has 0 aromatic heterocycles. The number of carbonyl (C=O) groups excluding carboxylic acids is 4. The van der Waals surface area contributed by atoms with Gasteiger partial charge in [0.05, 0.1) is 10.6 Å². The minimum Gasteiger partial charge on any atom is -0.490 e. The smallest absolute Gasteiger partial charge is 0.255 e. The Bertz CT molecular complexity index is 2080. The predicted molar refractivity (Wildman–Crippen MR) is 202 cm³/mol. The number of hydrogen-bond donors (Lipinski definition) is 1. The molecular weight excluding hydrogens is 704 g/mol. The first-order valence-electron chi connectivity index (χ1n) is 18.8. The van der Waals surface area contributed by atoms with Crippen molar-refractivity contribution in [3.8, 4) is 23.7 Å². The minimum atomic E-state index is -0.618. The van der Waals surface area contributed by atoms with Crippen LogP contribution in [0.5, 0.6) is 5.75 Å². The van der Waals surface area contributed by atoms with Gasteiger partial charge in [0.2, 0.25) is 11.8 Å². The van der Waals surface area contributed by atoms with Crippen molar-refractivity contribution in [2.75, 3.05) is 44.2 Å². The number of carbonyl (C=O) groups is 4. The molecule has 4 saturated heterocycles. The van der Waals surface area contributed by atoms with E-state index in [1.54, 1.807) is 29.2 Å². The summed E-state index contributed by atoms with van der Waals surface area (Å²) in [7, 11) is 0. The molecule has 1 N–H and O–H groups in total. The Balaban J connectivity index is 0.766. The molecule has 5 aliphatic rings. The number of nitrogens with one attached hydrogen (secondary N) is 1. The molecule has 0 radical (unpaired) electrons. The molecule has 0 saturated carbocycles. The van der Waals surface area contributed by atoms with Gasteiger partial charge in [-0.05, 0) is 79.4 Å². The highest BCUT2D eigenvalue weighted by atomic mass is 35.5. The maximum atomic E-state index is 13.3. The zero-order valence-electron chi connectivity index (χ0n) is 29.9. The van der Waals surface area contributed by atoms with Gasteiger partial charge in [-0.3, -0.25) is 29.4 Å². The average Bonchev–Trinajstić information content (AvgIpc) is 3.49. The van der Waals surface area contributed by atoms with Crippen LogP contribution in [-0.4, -0.2) is 95.8 Å². The van der Waals surface area contributed by atoms with Gasteiger partial charge in [0.1, 0.15) is 24.0 Å². The van der Waals surface area contributed by atoms with Crippen LogP contribution in [0, 0.1) is 29.1 Å². The van der Waals surface area contributed by atoms with Crippen molar-refractivity contribution in [3.63, 3.8) is 0 Å². The second-order valence-corrected chi connectivity index (χ2v) is 15.2. The highest BCUT2D eigenvalue weighted by molar-refractivity contribution is 6.31. The number of rotatable bonds is 6. The molecular formula is C42H41ClN6O5. The first-order valence-corrected chi connectivity index (χ1v) is 19.1. The van der Waals surface area contributed by atoms with Crippen LogP contribution in [0.1, 0.15) is 75.9 Å². The number of nitriles is 1. The Hall–Kier alpha value is -5.36. The molecule has 3 aromatic rings. The van der Waals surface area contributed by atoms with Gasteiger partial charge in [0.25, 0.3) is 11.8 Å². The molecule has 0 spiro atoms. The number of imide groups is 1. The van der Waals surface area contributed by atoms with Gasteiger partial charge in [-0.15, -0.1) is 0 Å². The van der Waals surface area contributed by atoms with E-state index in [9.17, 15) is 19.2 Å². The SMILES string of the molecule is N#Cc1ccc(OC2CCN(C(=O)c3ccc(N4CCC(N5CC(C#Cc6ccc7c(c6)CN(C6CCC(=O)NC6=O)C7=O)C5)CC4)cc3)CC2)cc1Cl. The van der Waals surface area contributed by atoms with Crippen molar-refractivity contribution in [2.24, 2.45) is 5.92 Å². The van der Waals surface area contributed by atoms with Gasteiger partial charge in [0.15, 0.2) is 0 Å². The Kier molecular flexibility index (Phi) is 10.0. The van der Waals surface area contributed by atoms with E-state index in [2.05, 4.69) is 45.2 Å². The lowest BCUT2D eigenvalue weighted by atomic mass is 9.93. The van der Waals surface area contributed by atoms with Crippen LogP contribution in [0.25, 0.3) is 0 Å². The van der Waals surface area contributed by atoms with Crippen LogP contribution in [0.4, 0.5) is 5.69 Å². The zero-order chi connectivity index (χ0) is 37.3. The van der Waals surface area contributed by atoms with Crippen molar-refractivity contribution in [1.82, 2.24) is 20.0 Å². The molecule has 4 amide bonds. The van der Waals surface area contributed by atoms with Crippen LogP contribution in [0.3, 0.4) is 0 Å². The summed E-state index contributed by atoms with van der Waals surface area (Å²) >= 11 is 6.15. The van der Waals surface area contributed by atoms with E-state index in [0.717, 1.165) is 68.7 Å². The molecule has 54 heavy (non-hydrogen) atoms. The number of ether oxygens (including phenoxy) is 1. The maximum Gasteiger partial charge on any atom is 0.255 e. The predicted octanol–water partition coefficient (Wildman–Crippen LogP) is 4.61. The normalized spacial score (nSPS) is 21.1. The van der Waals surface area contributed by atoms with Gasteiger partial charge in [-0.1, -0.05) is 23.4 Å². The van der Waals surface area contributed by atoms with Crippen molar-refractivity contribution in [1.29, 1.82) is 5.26 Å². The van der Waals surface area contributed by atoms with E-state index in [4.69, 9.17) is 21.6 Å². The quantitative estimate of drug-likeness (QED) is 0.287. The third-order valence-corrected chi connectivity index (χ3v) is 11.7. The number of fused-ring (bicyclic) bond motifs is 1. The summed E-state index contributed by atoms with van der Waals surface area (Å²) in [5.74, 6) is 6.87. The molecule has 12 heteroatoms. The highest BCUT2D eigenvalue weighted by Crippen LogP contribution is 2.31. The van der Waals surface area contributed by atoms with Crippen LogP contribution < -0.4 is 15.0 Å². The third kappa shape index (κ3) is 7.39. The molecule has 11 nitrogen and oxygen atoms in total. The van der Waals surface area contributed by atoms with E-state index in [1.165, 1.54) is 0 Å². The second-order valence-electron chi connectivity index (χ2n) is 14.8. The molecule has 0 bridgehead atoms.